The minimum Gasteiger partial charge on any atom is -0.391 e. The number of hydrogen-bond donors (Lipinski definition) is 1. The van der Waals surface area contributed by atoms with Crippen molar-refractivity contribution >= 4 is 32.1 Å². The lowest BCUT2D eigenvalue weighted by Gasteiger charge is -2.13. The zero-order valence-corrected chi connectivity index (χ0v) is 15.3. The largest absolute Gasteiger partial charge is 0.391 e. The first-order chi connectivity index (χ1) is 11.8. The van der Waals surface area contributed by atoms with E-state index in [0.29, 0.717) is 17.0 Å². The fourth-order valence-electron chi connectivity index (χ4n) is 3.28. The first kappa shape index (κ1) is 16.7. The zero-order valence-electron chi connectivity index (χ0n) is 13.7. The highest BCUT2D eigenvalue weighted by Crippen LogP contribution is 2.53. The SMILES string of the molecule is CS(=O)(=O)c1cccc(C(=O)c2cnc(N3CC(O)C4(CC4)C3)s2)c1. The smallest absolute Gasteiger partial charge is 0.204 e. The van der Waals surface area contributed by atoms with Crippen LogP contribution in [0.1, 0.15) is 28.1 Å². The highest BCUT2D eigenvalue weighted by molar-refractivity contribution is 7.90. The van der Waals surface area contributed by atoms with Crippen LogP contribution >= 0.6 is 11.3 Å². The summed E-state index contributed by atoms with van der Waals surface area (Å²) in [7, 11) is -3.36. The van der Waals surface area contributed by atoms with E-state index in [4.69, 9.17) is 0 Å². The molecule has 25 heavy (non-hydrogen) atoms. The Bertz CT molecular complexity index is 947. The molecule has 1 spiro atoms. The molecule has 1 aromatic carbocycles. The first-order valence-corrected chi connectivity index (χ1v) is 10.7. The topological polar surface area (TPSA) is 87.6 Å². The average Bonchev–Trinajstić information content (AvgIpc) is 3.05. The van der Waals surface area contributed by atoms with E-state index < -0.39 is 9.84 Å². The van der Waals surface area contributed by atoms with Gasteiger partial charge >= 0.3 is 0 Å². The maximum atomic E-state index is 12.7. The van der Waals surface area contributed by atoms with Crippen molar-refractivity contribution in [1.29, 1.82) is 0 Å². The Balaban J connectivity index is 1.57. The fourth-order valence-corrected chi connectivity index (χ4v) is 4.83. The number of rotatable bonds is 4. The van der Waals surface area contributed by atoms with Gasteiger partial charge in [0.05, 0.1) is 22.1 Å². The summed E-state index contributed by atoms with van der Waals surface area (Å²) in [5.74, 6) is -0.241. The molecule has 2 fully saturated rings. The summed E-state index contributed by atoms with van der Waals surface area (Å²) in [4.78, 5) is 19.6. The third-order valence-corrected chi connectivity index (χ3v) is 7.18. The summed E-state index contributed by atoms with van der Waals surface area (Å²) in [5.41, 5.74) is 0.359. The van der Waals surface area contributed by atoms with E-state index in [1.807, 2.05) is 4.90 Å². The minimum absolute atomic E-state index is 0.0274. The number of benzene rings is 1. The highest BCUT2D eigenvalue weighted by atomic mass is 32.2. The van der Waals surface area contributed by atoms with Crippen molar-refractivity contribution in [2.75, 3.05) is 24.2 Å². The minimum atomic E-state index is -3.36. The number of hydrogen-bond acceptors (Lipinski definition) is 7. The number of β-amino-alcohol motifs (C(OH)–C–C–N with tert-alkyl or cyclic N) is 1. The summed E-state index contributed by atoms with van der Waals surface area (Å²) < 4.78 is 23.3. The average molecular weight is 378 g/mol. The molecule has 1 aromatic heterocycles. The molecule has 2 aliphatic rings. The lowest BCUT2D eigenvalue weighted by Crippen LogP contribution is -2.20. The molecule has 0 bridgehead atoms. The molecule has 2 aromatic rings. The van der Waals surface area contributed by atoms with E-state index in [0.717, 1.165) is 30.8 Å². The van der Waals surface area contributed by atoms with Crippen LogP contribution in [0.5, 0.6) is 0 Å². The number of aromatic nitrogens is 1. The quantitative estimate of drug-likeness (QED) is 0.816. The number of carbonyl (C=O) groups excluding carboxylic acids is 1. The molecule has 1 aliphatic heterocycles. The van der Waals surface area contributed by atoms with Crippen LogP contribution in [0.2, 0.25) is 0 Å². The number of nitrogens with zero attached hydrogens (tertiary/aromatic N) is 2. The maximum Gasteiger partial charge on any atom is 0.204 e. The van der Waals surface area contributed by atoms with Crippen LogP contribution in [0.4, 0.5) is 5.13 Å². The van der Waals surface area contributed by atoms with E-state index >= 15 is 0 Å². The van der Waals surface area contributed by atoms with Crippen LogP contribution in [0.25, 0.3) is 0 Å². The molecule has 1 atom stereocenters. The predicted octanol–water partition coefficient (Wildman–Crippen LogP) is 1.74. The number of thiazole rings is 1. The van der Waals surface area contributed by atoms with Crippen LogP contribution in [-0.2, 0) is 9.84 Å². The lowest BCUT2D eigenvalue weighted by atomic mass is 10.0. The number of carbonyl (C=O) groups is 1. The second-order valence-corrected chi connectivity index (χ2v) is 9.92. The Kier molecular flexibility index (Phi) is 3.75. The molecule has 1 saturated carbocycles. The molecule has 6 nitrogen and oxygen atoms in total. The fraction of sp³-hybridized carbons (Fsp3) is 0.412. The Labute approximate surface area is 150 Å². The van der Waals surface area contributed by atoms with Gasteiger partial charge in [-0.25, -0.2) is 13.4 Å². The second-order valence-electron chi connectivity index (χ2n) is 6.89. The number of aliphatic hydroxyl groups is 1. The van der Waals surface area contributed by atoms with Gasteiger partial charge in [-0.2, -0.15) is 0 Å². The first-order valence-electron chi connectivity index (χ1n) is 8.02. The van der Waals surface area contributed by atoms with Crippen molar-refractivity contribution in [2.24, 2.45) is 5.41 Å². The third-order valence-electron chi connectivity index (χ3n) is 5.01. The second kappa shape index (κ2) is 5.62. The van der Waals surface area contributed by atoms with Gasteiger partial charge in [0, 0.05) is 30.3 Å². The van der Waals surface area contributed by atoms with Crippen LogP contribution in [0.3, 0.4) is 0 Å². The Hall–Kier alpha value is -1.77. The van der Waals surface area contributed by atoms with Crippen LogP contribution in [-0.4, -0.2) is 49.7 Å². The third kappa shape index (κ3) is 2.98. The summed E-state index contributed by atoms with van der Waals surface area (Å²) >= 11 is 1.28. The molecule has 1 aliphatic carbocycles. The molecular weight excluding hydrogens is 360 g/mol. The van der Waals surface area contributed by atoms with Crippen molar-refractivity contribution in [3.05, 3.63) is 40.9 Å². The van der Waals surface area contributed by atoms with Crippen molar-refractivity contribution in [1.82, 2.24) is 4.98 Å². The van der Waals surface area contributed by atoms with Gasteiger partial charge in [-0.1, -0.05) is 23.5 Å². The van der Waals surface area contributed by atoms with Gasteiger partial charge < -0.3 is 10.0 Å². The van der Waals surface area contributed by atoms with E-state index in [1.54, 1.807) is 12.1 Å². The molecule has 1 saturated heterocycles. The molecule has 4 rings (SSSR count). The van der Waals surface area contributed by atoms with E-state index in [2.05, 4.69) is 4.98 Å². The Morgan fingerprint density at radius 2 is 2.16 bits per heavy atom. The molecule has 1 N–H and O–H groups in total. The number of anilines is 1. The molecule has 1 unspecified atom stereocenters. The highest BCUT2D eigenvalue weighted by Gasteiger charge is 2.55. The summed E-state index contributed by atoms with van der Waals surface area (Å²) in [6.07, 6.45) is 4.40. The summed E-state index contributed by atoms with van der Waals surface area (Å²) in [6.45, 7) is 1.32. The predicted molar refractivity (Wildman–Crippen MR) is 95.0 cm³/mol. The van der Waals surface area contributed by atoms with Crippen molar-refractivity contribution < 1.29 is 18.3 Å². The molecule has 2 heterocycles. The maximum absolute atomic E-state index is 12.7. The van der Waals surface area contributed by atoms with E-state index in [-0.39, 0.29) is 22.2 Å². The number of sulfone groups is 1. The molecular formula is C17H18N2O4S2. The van der Waals surface area contributed by atoms with Gasteiger partial charge in [0.2, 0.25) is 5.78 Å². The van der Waals surface area contributed by atoms with Crippen molar-refractivity contribution in [2.45, 2.75) is 23.8 Å². The van der Waals surface area contributed by atoms with Gasteiger partial charge in [-0.3, -0.25) is 4.79 Å². The van der Waals surface area contributed by atoms with Crippen LogP contribution in [0.15, 0.2) is 35.4 Å². The Morgan fingerprint density at radius 3 is 2.80 bits per heavy atom. The lowest BCUT2D eigenvalue weighted by molar-refractivity contribution is 0.104. The van der Waals surface area contributed by atoms with Gasteiger partial charge in [-0.15, -0.1) is 0 Å². The number of ketones is 1. The normalized spacial score (nSPS) is 21.7. The van der Waals surface area contributed by atoms with Crippen LogP contribution < -0.4 is 4.90 Å². The van der Waals surface area contributed by atoms with Gasteiger partial charge in [0.1, 0.15) is 0 Å². The van der Waals surface area contributed by atoms with E-state index in [1.165, 1.54) is 29.7 Å². The zero-order chi connectivity index (χ0) is 17.8. The number of aliphatic hydroxyl groups excluding tert-OH is 1. The standard InChI is InChI=1S/C17H18N2O4S2/c1-25(22,23)12-4-2-3-11(7-12)15(21)13-8-18-16(24-13)19-9-14(20)17(10-19)5-6-17/h2-4,7-8,14,20H,5-6,9-10H2,1H3. The molecule has 0 radical (unpaired) electrons. The Morgan fingerprint density at radius 1 is 1.40 bits per heavy atom. The molecule has 0 amide bonds. The van der Waals surface area contributed by atoms with E-state index in [9.17, 15) is 18.3 Å². The van der Waals surface area contributed by atoms with Crippen LogP contribution in [0, 0.1) is 5.41 Å². The van der Waals surface area contributed by atoms with Gasteiger partial charge in [-0.05, 0) is 25.0 Å². The van der Waals surface area contributed by atoms with Crippen molar-refractivity contribution in [3.63, 3.8) is 0 Å². The van der Waals surface area contributed by atoms with Gasteiger partial charge in [0.25, 0.3) is 0 Å². The molecule has 132 valence electrons. The summed E-state index contributed by atoms with van der Waals surface area (Å²) in [5, 5.41) is 10.9. The summed E-state index contributed by atoms with van der Waals surface area (Å²) in [6, 6.07) is 6.05. The van der Waals surface area contributed by atoms with Gasteiger partial charge in [0.15, 0.2) is 15.0 Å². The monoisotopic (exact) mass is 378 g/mol. The van der Waals surface area contributed by atoms with Crippen molar-refractivity contribution in [3.8, 4) is 0 Å². The molecule has 8 heteroatoms.